The lowest BCUT2D eigenvalue weighted by atomic mass is 10.0. The van der Waals surface area contributed by atoms with Crippen molar-refractivity contribution < 1.29 is 31.8 Å². The summed E-state index contributed by atoms with van der Waals surface area (Å²) in [5.74, 6) is -0.500. The minimum Gasteiger partial charge on any atom is -0.493 e. The fourth-order valence-corrected chi connectivity index (χ4v) is 3.67. The molecule has 0 amide bonds. The Morgan fingerprint density at radius 3 is 2.81 bits per heavy atom. The van der Waals surface area contributed by atoms with Gasteiger partial charge in [0.15, 0.2) is 5.78 Å². The average Bonchev–Trinajstić information content (AvgIpc) is 3.43. The number of hydrogen-bond acceptors (Lipinski definition) is 5. The van der Waals surface area contributed by atoms with E-state index >= 15 is 0 Å². The maximum absolute atomic E-state index is 14.9. The topological polar surface area (TPSA) is 65.7 Å². The van der Waals surface area contributed by atoms with E-state index in [-0.39, 0.29) is 23.7 Å². The Kier molecular flexibility index (Phi) is 6.14. The van der Waals surface area contributed by atoms with Crippen LogP contribution in [0.4, 0.5) is 17.6 Å². The summed E-state index contributed by atoms with van der Waals surface area (Å²) in [4.78, 5) is 20.5. The molecule has 0 radical (unpaired) electrons. The molecule has 0 spiro atoms. The summed E-state index contributed by atoms with van der Waals surface area (Å²) in [6.07, 6.45) is -2.42. The SMILES string of the molecule is CCOc1cc2nc(C(F)C3CCOC3)cn2cc1CC(=O)c1cccc(C(F)(F)F)n1. The van der Waals surface area contributed by atoms with Gasteiger partial charge in [-0.3, -0.25) is 4.79 Å². The second-order valence-electron chi connectivity index (χ2n) is 7.56. The van der Waals surface area contributed by atoms with Gasteiger partial charge in [0.1, 0.15) is 29.0 Å². The predicted molar refractivity (Wildman–Crippen MR) is 106 cm³/mol. The standard InChI is InChI=1S/C22H21F4N3O3/c1-2-32-18-9-20-28-16(21(23)13-6-7-31-12-13)11-29(20)10-14(18)8-17(30)15-4-3-5-19(27-15)22(24,25)26/h3-5,9-11,13,21H,2,6-8,12H2,1H3. The van der Waals surface area contributed by atoms with E-state index < -0.39 is 23.8 Å². The summed E-state index contributed by atoms with van der Waals surface area (Å²) in [5.41, 5.74) is -0.289. The number of nitrogens with zero attached hydrogens (tertiary/aromatic N) is 3. The molecule has 2 unspecified atom stereocenters. The zero-order chi connectivity index (χ0) is 22.9. The molecule has 2 atom stereocenters. The number of carbonyl (C=O) groups excluding carboxylic acids is 1. The van der Waals surface area contributed by atoms with Gasteiger partial charge in [-0.05, 0) is 25.5 Å². The summed E-state index contributed by atoms with van der Waals surface area (Å²) in [6.45, 7) is 2.92. The number of pyridine rings is 2. The summed E-state index contributed by atoms with van der Waals surface area (Å²) < 4.78 is 66.1. The number of alkyl halides is 4. The first kappa shape index (κ1) is 22.2. The zero-order valence-corrected chi connectivity index (χ0v) is 17.2. The van der Waals surface area contributed by atoms with Crippen LogP contribution in [-0.2, 0) is 17.3 Å². The molecule has 3 aromatic rings. The maximum atomic E-state index is 14.9. The molecule has 6 nitrogen and oxygen atoms in total. The normalized spacial score (nSPS) is 17.6. The Bertz CT molecular complexity index is 1120. The van der Waals surface area contributed by atoms with Crippen molar-refractivity contribution in [1.29, 1.82) is 0 Å². The number of imidazole rings is 1. The second kappa shape index (κ2) is 8.85. The smallest absolute Gasteiger partial charge is 0.433 e. The van der Waals surface area contributed by atoms with Crippen LogP contribution in [-0.4, -0.2) is 40.0 Å². The molecule has 4 heterocycles. The highest BCUT2D eigenvalue weighted by atomic mass is 19.4. The van der Waals surface area contributed by atoms with Gasteiger partial charge in [0.2, 0.25) is 0 Å². The largest absolute Gasteiger partial charge is 0.493 e. The molecule has 0 N–H and O–H groups in total. The third kappa shape index (κ3) is 4.59. The molecular weight excluding hydrogens is 430 g/mol. The van der Waals surface area contributed by atoms with Gasteiger partial charge < -0.3 is 13.9 Å². The molecule has 0 aromatic carbocycles. The number of carbonyl (C=O) groups is 1. The Hall–Kier alpha value is -3.01. The Balaban J connectivity index is 1.63. The van der Waals surface area contributed by atoms with Crippen LogP contribution in [0.2, 0.25) is 0 Å². The van der Waals surface area contributed by atoms with E-state index in [4.69, 9.17) is 9.47 Å². The third-order valence-electron chi connectivity index (χ3n) is 5.29. The highest BCUT2D eigenvalue weighted by molar-refractivity contribution is 5.96. The summed E-state index contributed by atoms with van der Waals surface area (Å²) in [5, 5.41) is 0. The number of rotatable bonds is 7. The number of fused-ring (bicyclic) bond motifs is 1. The molecule has 0 saturated carbocycles. The highest BCUT2D eigenvalue weighted by Gasteiger charge is 2.33. The van der Waals surface area contributed by atoms with Crippen molar-refractivity contribution >= 4 is 11.4 Å². The maximum Gasteiger partial charge on any atom is 0.433 e. The number of ketones is 1. The highest BCUT2D eigenvalue weighted by Crippen LogP contribution is 2.33. The van der Waals surface area contributed by atoms with E-state index in [1.54, 1.807) is 29.8 Å². The van der Waals surface area contributed by atoms with Crippen molar-refractivity contribution in [2.24, 2.45) is 5.92 Å². The van der Waals surface area contributed by atoms with Crippen molar-refractivity contribution in [3.05, 3.63) is 59.3 Å². The van der Waals surface area contributed by atoms with Gasteiger partial charge in [-0.2, -0.15) is 13.2 Å². The van der Waals surface area contributed by atoms with E-state index in [1.165, 1.54) is 6.07 Å². The van der Waals surface area contributed by atoms with Crippen LogP contribution in [0, 0.1) is 5.92 Å². The molecule has 1 aliphatic heterocycles. The van der Waals surface area contributed by atoms with Crippen LogP contribution in [0.3, 0.4) is 0 Å². The first-order valence-electron chi connectivity index (χ1n) is 10.2. The minimum atomic E-state index is -4.65. The first-order valence-corrected chi connectivity index (χ1v) is 10.2. The van der Waals surface area contributed by atoms with E-state index in [9.17, 15) is 22.4 Å². The van der Waals surface area contributed by atoms with Gasteiger partial charge in [0.25, 0.3) is 0 Å². The Labute approximate surface area is 181 Å². The lowest BCUT2D eigenvalue weighted by molar-refractivity contribution is -0.141. The molecule has 0 bridgehead atoms. The molecule has 10 heteroatoms. The van der Waals surface area contributed by atoms with E-state index in [1.807, 2.05) is 0 Å². The van der Waals surface area contributed by atoms with Gasteiger partial charge in [-0.15, -0.1) is 0 Å². The second-order valence-corrected chi connectivity index (χ2v) is 7.56. The lowest BCUT2D eigenvalue weighted by Gasteiger charge is -2.11. The van der Waals surface area contributed by atoms with E-state index in [0.29, 0.717) is 43.2 Å². The molecule has 1 aliphatic rings. The third-order valence-corrected chi connectivity index (χ3v) is 5.29. The van der Waals surface area contributed by atoms with Crippen molar-refractivity contribution in [2.45, 2.75) is 32.1 Å². The van der Waals surface area contributed by atoms with Crippen molar-refractivity contribution in [3.63, 3.8) is 0 Å². The average molecular weight is 451 g/mol. The lowest BCUT2D eigenvalue weighted by Crippen LogP contribution is -2.13. The summed E-state index contributed by atoms with van der Waals surface area (Å²) >= 11 is 0. The van der Waals surface area contributed by atoms with Crippen LogP contribution in [0.5, 0.6) is 5.75 Å². The van der Waals surface area contributed by atoms with Crippen LogP contribution in [0.25, 0.3) is 5.65 Å². The van der Waals surface area contributed by atoms with Crippen molar-refractivity contribution in [1.82, 2.24) is 14.4 Å². The Morgan fingerprint density at radius 1 is 1.31 bits per heavy atom. The van der Waals surface area contributed by atoms with Gasteiger partial charge in [-0.1, -0.05) is 6.07 Å². The molecular formula is C22H21F4N3O3. The molecule has 1 fully saturated rings. The van der Waals surface area contributed by atoms with E-state index in [0.717, 1.165) is 12.1 Å². The van der Waals surface area contributed by atoms with Crippen LogP contribution < -0.4 is 4.74 Å². The van der Waals surface area contributed by atoms with E-state index in [2.05, 4.69) is 9.97 Å². The number of ether oxygens (including phenoxy) is 2. The zero-order valence-electron chi connectivity index (χ0n) is 17.2. The number of Topliss-reactive ketones (excluding diaryl/α,β-unsaturated/α-hetero) is 1. The first-order chi connectivity index (χ1) is 15.3. The number of halogens is 4. The van der Waals surface area contributed by atoms with Gasteiger partial charge >= 0.3 is 6.18 Å². The molecule has 3 aromatic heterocycles. The number of aromatic nitrogens is 3. The minimum absolute atomic E-state index is 0.234. The molecule has 32 heavy (non-hydrogen) atoms. The summed E-state index contributed by atoms with van der Waals surface area (Å²) in [7, 11) is 0. The quantitative estimate of drug-likeness (QED) is 0.388. The van der Waals surface area contributed by atoms with Gasteiger partial charge in [-0.25, -0.2) is 14.4 Å². The Morgan fingerprint density at radius 2 is 2.12 bits per heavy atom. The predicted octanol–water partition coefficient (Wildman–Crippen LogP) is 4.62. The fourth-order valence-electron chi connectivity index (χ4n) is 3.67. The van der Waals surface area contributed by atoms with Crippen LogP contribution >= 0.6 is 0 Å². The molecule has 170 valence electrons. The summed E-state index contributed by atoms with van der Waals surface area (Å²) in [6, 6.07) is 4.78. The van der Waals surface area contributed by atoms with Gasteiger partial charge in [0.05, 0.1) is 18.9 Å². The van der Waals surface area contributed by atoms with Crippen LogP contribution in [0.1, 0.15) is 47.0 Å². The van der Waals surface area contributed by atoms with Crippen LogP contribution in [0.15, 0.2) is 36.7 Å². The fraction of sp³-hybridized carbons (Fsp3) is 0.409. The molecule has 4 rings (SSSR count). The molecule has 1 saturated heterocycles. The van der Waals surface area contributed by atoms with Crippen molar-refractivity contribution in [2.75, 3.05) is 19.8 Å². The number of hydrogen-bond donors (Lipinski definition) is 0. The molecule has 0 aliphatic carbocycles. The van der Waals surface area contributed by atoms with Gasteiger partial charge in [0, 0.05) is 43.0 Å². The van der Waals surface area contributed by atoms with Crippen molar-refractivity contribution in [3.8, 4) is 5.75 Å². The monoisotopic (exact) mass is 451 g/mol.